The lowest BCUT2D eigenvalue weighted by Gasteiger charge is -2.46. The van der Waals surface area contributed by atoms with Gasteiger partial charge >= 0.3 is 0 Å². The topological polar surface area (TPSA) is 47.9 Å². The lowest BCUT2D eigenvalue weighted by molar-refractivity contribution is -0.141. The number of benzene rings is 1. The van der Waals surface area contributed by atoms with Crippen LogP contribution in [0.1, 0.15) is 71.3 Å². The van der Waals surface area contributed by atoms with Crippen LogP contribution in [0.25, 0.3) is 0 Å². The standard InChI is InChI=1S/C26H44O4Si/c1-24(2,3)31(4,5)30-16-9-13-25(27)17-23(18-26(21-25)14-10-15-29-26)20-28-19-22-11-7-6-8-12-22/h6-8,11-12,23,27H,9-10,13-21H2,1-5H3/t23-,25-,26+/m1/s1. The highest BCUT2D eigenvalue weighted by atomic mass is 28.4. The summed E-state index contributed by atoms with van der Waals surface area (Å²) in [5, 5.41) is 11.8. The highest BCUT2D eigenvalue weighted by molar-refractivity contribution is 6.74. The third-order valence-corrected chi connectivity index (χ3v) is 12.2. The molecule has 2 aliphatic rings. The van der Waals surface area contributed by atoms with Gasteiger partial charge in [-0.15, -0.1) is 0 Å². The molecule has 1 spiro atoms. The highest BCUT2D eigenvalue weighted by Crippen LogP contribution is 2.48. The first-order valence-corrected chi connectivity index (χ1v) is 15.1. The van der Waals surface area contributed by atoms with Crippen LogP contribution in [0.4, 0.5) is 0 Å². The summed E-state index contributed by atoms with van der Waals surface area (Å²) in [5.74, 6) is 0.335. The normalized spacial score (nSPS) is 29.5. The molecule has 1 aliphatic carbocycles. The molecule has 1 heterocycles. The van der Waals surface area contributed by atoms with Crippen LogP contribution in [-0.2, 0) is 20.5 Å². The molecular formula is C26H44O4Si. The van der Waals surface area contributed by atoms with Gasteiger partial charge in [-0.05, 0) is 68.1 Å². The van der Waals surface area contributed by atoms with E-state index in [1.165, 1.54) is 5.56 Å². The highest BCUT2D eigenvalue weighted by Gasteiger charge is 2.49. The maximum atomic E-state index is 11.6. The summed E-state index contributed by atoms with van der Waals surface area (Å²) < 4.78 is 18.7. The minimum absolute atomic E-state index is 0.159. The largest absolute Gasteiger partial charge is 0.417 e. The van der Waals surface area contributed by atoms with E-state index < -0.39 is 13.9 Å². The Morgan fingerprint density at radius 1 is 1.16 bits per heavy atom. The summed E-state index contributed by atoms with van der Waals surface area (Å²) in [6.07, 6.45) is 6.40. The first kappa shape index (κ1) is 24.9. The first-order chi connectivity index (χ1) is 14.5. The molecule has 31 heavy (non-hydrogen) atoms. The molecule has 5 heteroatoms. The lowest BCUT2D eigenvalue weighted by Crippen LogP contribution is -2.49. The van der Waals surface area contributed by atoms with Crippen LogP contribution in [0.3, 0.4) is 0 Å². The number of hydrogen-bond acceptors (Lipinski definition) is 4. The third kappa shape index (κ3) is 6.88. The Morgan fingerprint density at radius 3 is 2.55 bits per heavy atom. The van der Waals surface area contributed by atoms with Crippen LogP contribution in [-0.4, -0.2) is 44.4 Å². The number of ether oxygens (including phenoxy) is 2. The second kappa shape index (κ2) is 10.0. The molecule has 176 valence electrons. The fourth-order valence-electron chi connectivity index (χ4n) is 5.11. The summed E-state index contributed by atoms with van der Waals surface area (Å²) >= 11 is 0. The fourth-order valence-corrected chi connectivity index (χ4v) is 6.19. The molecule has 0 aromatic heterocycles. The quantitative estimate of drug-likeness (QED) is 0.367. The van der Waals surface area contributed by atoms with Gasteiger partial charge in [0.25, 0.3) is 0 Å². The first-order valence-electron chi connectivity index (χ1n) is 12.1. The van der Waals surface area contributed by atoms with Gasteiger partial charge in [0.05, 0.1) is 24.4 Å². The molecule has 0 amide bonds. The smallest absolute Gasteiger partial charge is 0.191 e. The zero-order chi connectivity index (χ0) is 22.6. The average molecular weight is 449 g/mol. The molecule has 0 bridgehead atoms. The molecule has 0 unspecified atom stereocenters. The van der Waals surface area contributed by atoms with Gasteiger partial charge in [0.1, 0.15) is 0 Å². The van der Waals surface area contributed by atoms with E-state index in [1.54, 1.807) is 0 Å². The van der Waals surface area contributed by atoms with Crippen molar-refractivity contribution >= 4 is 8.32 Å². The molecule has 4 nitrogen and oxygen atoms in total. The average Bonchev–Trinajstić information content (AvgIpc) is 3.12. The monoisotopic (exact) mass is 448 g/mol. The van der Waals surface area contributed by atoms with Gasteiger partial charge in [0.15, 0.2) is 8.32 Å². The van der Waals surface area contributed by atoms with E-state index in [0.717, 1.165) is 58.2 Å². The SMILES string of the molecule is CC(C)(C)[Si](C)(C)OCCC[C@@]1(O)C[C@@H](COCc2ccccc2)C[C@@]2(CCCO2)C1. The van der Waals surface area contributed by atoms with Crippen molar-refractivity contribution in [2.24, 2.45) is 5.92 Å². The third-order valence-electron chi connectivity index (χ3n) is 7.69. The van der Waals surface area contributed by atoms with Crippen molar-refractivity contribution in [3.8, 4) is 0 Å². The molecule has 1 aliphatic heterocycles. The second-order valence-corrected chi connectivity index (χ2v) is 16.3. The van der Waals surface area contributed by atoms with Gasteiger partial charge in [-0.3, -0.25) is 0 Å². The molecule has 1 aromatic carbocycles. The van der Waals surface area contributed by atoms with Gasteiger partial charge in [-0.2, -0.15) is 0 Å². The second-order valence-electron chi connectivity index (χ2n) is 11.5. The molecule has 3 rings (SSSR count). The minimum Gasteiger partial charge on any atom is -0.417 e. The Morgan fingerprint density at radius 2 is 1.90 bits per heavy atom. The van der Waals surface area contributed by atoms with E-state index in [2.05, 4.69) is 46.0 Å². The Kier molecular flexibility index (Phi) is 8.07. The van der Waals surface area contributed by atoms with Crippen LogP contribution < -0.4 is 0 Å². The van der Waals surface area contributed by atoms with Crippen LogP contribution in [0.2, 0.25) is 18.1 Å². The number of rotatable bonds is 9. The molecule has 1 saturated heterocycles. The Bertz CT molecular complexity index is 678. The summed E-state index contributed by atoms with van der Waals surface area (Å²) in [4.78, 5) is 0. The maximum Gasteiger partial charge on any atom is 0.191 e. The van der Waals surface area contributed by atoms with Gasteiger partial charge < -0.3 is 19.0 Å². The molecule has 2 fully saturated rings. The zero-order valence-corrected chi connectivity index (χ0v) is 21.4. The van der Waals surface area contributed by atoms with E-state index in [0.29, 0.717) is 19.1 Å². The summed E-state index contributed by atoms with van der Waals surface area (Å²) in [5.41, 5.74) is 0.358. The Labute approximate surface area is 190 Å². The Hall–Kier alpha value is -0.723. The molecule has 1 aromatic rings. The van der Waals surface area contributed by atoms with E-state index in [4.69, 9.17) is 13.9 Å². The van der Waals surface area contributed by atoms with Gasteiger partial charge in [-0.25, -0.2) is 0 Å². The van der Waals surface area contributed by atoms with E-state index >= 15 is 0 Å². The molecule has 1 N–H and O–H groups in total. The van der Waals surface area contributed by atoms with E-state index in [9.17, 15) is 5.11 Å². The zero-order valence-electron chi connectivity index (χ0n) is 20.4. The van der Waals surface area contributed by atoms with Crippen molar-refractivity contribution < 1.29 is 19.0 Å². The molecular weight excluding hydrogens is 404 g/mol. The van der Waals surface area contributed by atoms with Crippen LogP contribution in [0.5, 0.6) is 0 Å². The van der Waals surface area contributed by atoms with E-state index in [1.807, 2.05) is 18.2 Å². The predicted octanol–water partition coefficient (Wildman–Crippen LogP) is 6.09. The molecule has 1 saturated carbocycles. The summed E-state index contributed by atoms with van der Waals surface area (Å²) in [6.45, 7) is 14.3. The minimum atomic E-state index is -1.74. The van der Waals surface area contributed by atoms with Crippen molar-refractivity contribution in [3.63, 3.8) is 0 Å². The van der Waals surface area contributed by atoms with E-state index in [-0.39, 0.29) is 10.6 Å². The van der Waals surface area contributed by atoms with Crippen LogP contribution in [0, 0.1) is 5.92 Å². The fraction of sp³-hybridized carbons (Fsp3) is 0.769. The number of aliphatic hydroxyl groups is 1. The van der Waals surface area contributed by atoms with Gasteiger partial charge in [0.2, 0.25) is 0 Å². The van der Waals surface area contributed by atoms with Crippen molar-refractivity contribution in [1.29, 1.82) is 0 Å². The van der Waals surface area contributed by atoms with Crippen LogP contribution in [0.15, 0.2) is 30.3 Å². The van der Waals surface area contributed by atoms with Crippen molar-refractivity contribution in [2.75, 3.05) is 19.8 Å². The Balaban J connectivity index is 1.54. The summed E-state index contributed by atoms with van der Waals surface area (Å²) in [7, 11) is -1.74. The van der Waals surface area contributed by atoms with Crippen molar-refractivity contribution in [2.45, 2.75) is 102 Å². The lowest BCUT2D eigenvalue weighted by atomic mass is 9.67. The maximum absolute atomic E-state index is 11.6. The number of hydrogen-bond donors (Lipinski definition) is 1. The van der Waals surface area contributed by atoms with Crippen molar-refractivity contribution in [1.82, 2.24) is 0 Å². The van der Waals surface area contributed by atoms with Crippen molar-refractivity contribution in [3.05, 3.63) is 35.9 Å². The predicted molar refractivity (Wildman–Crippen MR) is 129 cm³/mol. The molecule has 0 radical (unpaired) electrons. The molecule has 3 atom stereocenters. The van der Waals surface area contributed by atoms with Crippen LogP contribution >= 0.6 is 0 Å². The summed E-state index contributed by atoms with van der Waals surface area (Å²) in [6, 6.07) is 10.3. The van der Waals surface area contributed by atoms with Gasteiger partial charge in [-0.1, -0.05) is 51.1 Å². The van der Waals surface area contributed by atoms with Gasteiger partial charge in [0, 0.05) is 19.6 Å².